The molecule has 2 aliphatic heterocycles. The molecule has 1 saturated heterocycles. The van der Waals surface area contributed by atoms with Crippen LogP contribution in [0.25, 0.3) is 11.1 Å². The Kier molecular flexibility index (Phi) is 6.84. The Morgan fingerprint density at radius 2 is 1.67 bits per heavy atom. The van der Waals surface area contributed by atoms with Crippen LogP contribution in [0.3, 0.4) is 0 Å². The van der Waals surface area contributed by atoms with Crippen LogP contribution in [-0.2, 0) is 12.0 Å². The van der Waals surface area contributed by atoms with Crippen molar-refractivity contribution < 1.29 is 13.2 Å². The first-order chi connectivity index (χ1) is 16.5. The average molecular weight is 541 g/mol. The highest BCUT2D eigenvalue weighted by Crippen LogP contribution is 2.46. The minimum Gasteiger partial charge on any atom is -0.369 e. The molecule has 11 heteroatoms. The predicted molar refractivity (Wildman–Crippen MR) is 140 cm³/mol. The van der Waals surface area contributed by atoms with Crippen LogP contribution in [0.15, 0.2) is 46.3 Å². The molecular formula is C25H32ClF3N6S. The van der Waals surface area contributed by atoms with Gasteiger partial charge in [0.25, 0.3) is 0 Å². The van der Waals surface area contributed by atoms with Gasteiger partial charge in [-0.2, -0.15) is 18.6 Å². The van der Waals surface area contributed by atoms with Crippen molar-refractivity contribution in [2.75, 3.05) is 7.05 Å². The Morgan fingerprint density at radius 3 is 2.17 bits per heavy atom. The number of aliphatic imine (C=N–C) groups is 1. The largest absolute Gasteiger partial charge is 0.417 e. The molecule has 0 aliphatic carbocycles. The van der Waals surface area contributed by atoms with Gasteiger partial charge in [0, 0.05) is 37.4 Å². The molecule has 6 N–H and O–H groups in total. The van der Waals surface area contributed by atoms with Crippen molar-refractivity contribution in [3.63, 3.8) is 0 Å². The number of halogens is 4. The van der Waals surface area contributed by atoms with Gasteiger partial charge in [0.2, 0.25) is 11.7 Å². The number of alkyl halides is 3. The predicted octanol–water partition coefficient (Wildman–Crippen LogP) is 5.26. The summed E-state index contributed by atoms with van der Waals surface area (Å²) in [5.74, 6) is -1.70. The second kappa shape index (κ2) is 9.09. The van der Waals surface area contributed by atoms with Gasteiger partial charge >= 0.3 is 6.18 Å². The molecule has 1 atom stereocenters. The number of nitrogens with one attached hydrogen (secondary N) is 2. The monoisotopic (exact) mass is 540 g/mol. The summed E-state index contributed by atoms with van der Waals surface area (Å²) < 4.78 is 42.4. The number of benzene rings is 2. The van der Waals surface area contributed by atoms with E-state index in [1.54, 1.807) is 23.9 Å². The fourth-order valence-corrected chi connectivity index (χ4v) is 7.13. The summed E-state index contributed by atoms with van der Waals surface area (Å²) in [7, 11) is 2.16. The molecule has 2 aliphatic rings. The Bertz CT molecular complexity index is 1160. The molecule has 0 aromatic heterocycles. The first-order valence-corrected chi connectivity index (χ1v) is 12.9. The van der Waals surface area contributed by atoms with E-state index in [-0.39, 0.29) is 33.2 Å². The number of hydrogen-bond donors (Lipinski definition) is 4. The average Bonchev–Trinajstić information content (AvgIpc) is 3.11. The van der Waals surface area contributed by atoms with Crippen LogP contribution in [0, 0.1) is 0 Å². The zero-order valence-corrected chi connectivity index (χ0v) is 22.5. The van der Waals surface area contributed by atoms with Crippen LogP contribution < -0.4 is 22.3 Å². The first-order valence-electron chi connectivity index (χ1n) is 11.6. The van der Waals surface area contributed by atoms with Gasteiger partial charge < -0.3 is 5.73 Å². The number of guanidine groups is 1. The summed E-state index contributed by atoms with van der Waals surface area (Å²) in [4.78, 5) is 7.40. The Balaban J connectivity index is 1.64. The molecule has 0 amide bonds. The van der Waals surface area contributed by atoms with Gasteiger partial charge in [-0.15, -0.1) is 11.8 Å². The number of thioether (sulfide) groups is 1. The highest BCUT2D eigenvalue weighted by molar-refractivity contribution is 8.00. The molecule has 4 rings (SSSR count). The Hall–Kier alpha value is -1.98. The van der Waals surface area contributed by atoms with Gasteiger partial charge in [0.1, 0.15) is 0 Å². The molecule has 196 valence electrons. The molecule has 0 bridgehead atoms. The summed E-state index contributed by atoms with van der Waals surface area (Å²) in [5.41, 5.74) is 16.3. The van der Waals surface area contributed by atoms with Gasteiger partial charge in [-0.1, -0.05) is 23.7 Å². The van der Waals surface area contributed by atoms with E-state index in [0.717, 1.165) is 23.8 Å². The minimum atomic E-state index is -4.66. The van der Waals surface area contributed by atoms with E-state index in [0.29, 0.717) is 10.8 Å². The minimum absolute atomic E-state index is 0.0317. The lowest BCUT2D eigenvalue weighted by atomic mass is 9.80. The summed E-state index contributed by atoms with van der Waals surface area (Å²) in [5, 5.41) is 0.318. The van der Waals surface area contributed by atoms with Crippen molar-refractivity contribution in [2.45, 2.75) is 73.7 Å². The van der Waals surface area contributed by atoms with E-state index in [1.807, 2.05) is 12.1 Å². The molecule has 1 fully saturated rings. The molecule has 36 heavy (non-hydrogen) atoms. The SMILES string of the molecule is CN1C(C)(C)CC(Sc2ccc(-c3c(Cl)cc(C4(N)N=C(N)NN4)cc3C(F)(F)F)cc2)CC1(C)C. The highest BCUT2D eigenvalue weighted by atomic mass is 35.5. The molecule has 2 heterocycles. The molecular weight excluding hydrogens is 509 g/mol. The smallest absolute Gasteiger partial charge is 0.369 e. The van der Waals surface area contributed by atoms with E-state index in [4.69, 9.17) is 23.1 Å². The van der Waals surface area contributed by atoms with Crippen LogP contribution in [0.1, 0.15) is 51.7 Å². The van der Waals surface area contributed by atoms with Gasteiger partial charge in [-0.3, -0.25) is 16.1 Å². The highest BCUT2D eigenvalue weighted by Gasteiger charge is 2.43. The molecule has 1 unspecified atom stereocenters. The van der Waals surface area contributed by atoms with E-state index >= 15 is 0 Å². The van der Waals surface area contributed by atoms with Gasteiger partial charge in [0.15, 0.2) is 0 Å². The van der Waals surface area contributed by atoms with Crippen molar-refractivity contribution in [3.8, 4) is 11.1 Å². The van der Waals surface area contributed by atoms with Crippen molar-refractivity contribution in [1.82, 2.24) is 15.8 Å². The number of hydrazine groups is 1. The topological polar surface area (TPSA) is 91.7 Å². The van der Waals surface area contributed by atoms with Crippen molar-refractivity contribution in [1.29, 1.82) is 0 Å². The quantitative estimate of drug-likeness (QED) is 0.423. The molecule has 2 aromatic rings. The number of nitrogens with zero attached hydrogens (tertiary/aromatic N) is 2. The molecule has 2 aromatic carbocycles. The van der Waals surface area contributed by atoms with Crippen molar-refractivity contribution >= 4 is 29.3 Å². The first kappa shape index (κ1) is 27.1. The van der Waals surface area contributed by atoms with Crippen LogP contribution in [0.4, 0.5) is 13.2 Å². The lowest BCUT2D eigenvalue weighted by molar-refractivity contribution is -0.137. The summed E-state index contributed by atoms with van der Waals surface area (Å²) >= 11 is 8.20. The third kappa shape index (κ3) is 5.19. The summed E-state index contributed by atoms with van der Waals surface area (Å²) in [6, 6.07) is 9.44. The molecule has 0 spiro atoms. The van der Waals surface area contributed by atoms with Crippen LogP contribution in [-0.4, -0.2) is 34.2 Å². The summed E-state index contributed by atoms with van der Waals surface area (Å²) in [6.45, 7) is 8.99. The zero-order valence-electron chi connectivity index (χ0n) is 20.9. The second-order valence-corrected chi connectivity index (χ2v) is 12.5. The molecule has 6 nitrogen and oxygen atoms in total. The van der Waals surface area contributed by atoms with Crippen LogP contribution >= 0.6 is 23.4 Å². The maximum atomic E-state index is 14.1. The van der Waals surface area contributed by atoms with Crippen molar-refractivity contribution in [3.05, 3.63) is 52.5 Å². The van der Waals surface area contributed by atoms with E-state index in [2.05, 4.69) is 55.5 Å². The fourth-order valence-electron chi connectivity index (χ4n) is 5.14. The maximum Gasteiger partial charge on any atom is 0.417 e. The third-order valence-electron chi connectivity index (χ3n) is 7.23. The van der Waals surface area contributed by atoms with Gasteiger partial charge in [0.05, 0.1) is 5.56 Å². The lowest BCUT2D eigenvalue weighted by Crippen LogP contribution is -2.59. The van der Waals surface area contributed by atoms with E-state index in [9.17, 15) is 13.2 Å². The van der Waals surface area contributed by atoms with E-state index < -0.39 is 17.5 Å². The standard InChI is InChI=1S/C25H32ClF3N6S/c1-22(2)12-17(13-23(3,4)35(22)5)36-16-8-6-14(7-9-16)20-18(24(27,28)29)10-15(11-19(20)26)25(31)32-21(30)33-34-25/h6-11,17,34H,12-13,31H2,1-5H3,(H3,30,32,33). The fraction of sp³-hybridized carbons (Fsp3) is 0.480. The van der Waals surface area contributed by atoms with Crippen LogP contribution in [0.2, 0.25) is 5.02 Å². The maximum absolute atomic E-state index is 14.1. The number of piperidine rings is 1. The van der Waals surface area contributed by atoms with E-state index in [1.165, 1.54) is 6.07 Å². The number of likely N-dealkylation sites (tertiary alicyclic amines) is 1. The Labute approximate surface area is 219 Å². The zero-order chi connectivity index (χ0) is 26.7. The van der Waals surface area contributed by atoms with Crippen molar-refractivity contribution in [2.24, 2.45) is 16.5 Å². The molecule has 0 radical (unpaired) electrons. The second-order valence-electron chi connectivity index (χ2n) is 10.7. The van der Waals surface area contributed by atoms with Gasteiger partial charge in [-0.25, -0.2) is 4.99 Å². The van der Waals surface area contributed by atoms with Crippen LogP contribution in [0.5, 0.6) is 0 Å². The molecule has 0 saturated carbocycles. The number of rotatable bonds is 4. The lowest BCUT2D eigenvalue weighted by Gasteiger charge is -2.53. The van der Waals surface area contributed by atoms with Gasteiger partial charge in [-0.05, 0) is 77.4 Å². The summed E-state index contributed by atoms with van der Waals surface area (Å²) in [6.07, 6.45) is -2.63. The third-order valence-corrected chi connectivity index (χ3v) is 8.74. The normalized spacial score (nSPS) is 24.4. The number of nitrogens with two attached hydrogens (primary N) is 2. The number of hydrogen-bond acceptors (Lipinski definition) is 7. The Morgan fingerprint density at radius 1 is 1.08 bits per heavy atom.